The van der Waals surface area contributed by atoms with Crippen LogP contribution in [0.5, 0.6) is 0 Å². The minimum absolute atomic E-state index is 0.0207. The predicted octanol–water partition coefficient (Wildman–Crippen LogP) is 3.49. The maximum Gasteiger partial charge on any atom is 0.255 e. The van der Waals surface area contributed by atoms with Crippen LogP contribution in [-0.2, 0) is 4.79 Å². The van der Waals surface area contributed by atoms with Crippen LogP contribution in [0.3, 0.4) is 0 Å². The van der Waals surface area contributed by atoms with Gasteiger partial charge >= 0.3 is 0 Å². The van der Waals surface area contributed by atoms with E-state index in [-0.39, 0.29) is 17.6 Å². The molecular formula is C18H18N2O3. The SMILES string of the molecule is CCC(=O)Nc1ccc(C(=O)Nc2ccc(C(C)=O)cc2)cc1. The summed E-state index contributed by atoms with van der Waals surface area (Å²) in [6.07, 6.45) is 0.401. The van der Waals surface area contributed by atoms with Gasteiger partial charge in [-0.15, -0.1) is 0 Å². The standard InChI is InChI=1S/C18H18N2O3/c1-3-17(22)19-15-10-6-14(7-11-15)18(23)20-16-8-4-13(5-9-16)12(2)21/h4-11H,3H2,1-2H3,(H,19,22)(H,20,23). The fourth-order valence-electron chi connectivity index (χ4n) is 1.95. The second-order valence-corrected chi connectivity index (χ2v) is 5.07. The van der Waals surface area contributed by atoms with Crippen LogP contribution in [0.25, 0.3) is 0 Å². The lowest BCUT2D eigenvalue weighted by Gasteiger charge is -2.07. The van der Waals surface area contributed by atoms with Crippen LogP contribution in [0.2, 0.25) is 0 Å². The van der Waals surface area contributed by atoms with Crippen LogP contribution >= 0.6 is 0 Å². The van der Waals surface area contributed by atoms with Crippen molar-refractivity contribution in [3.8, 4) is 0 Å². The fourth-order valence-corrected chi connectivity index (χ4v) is 1.95. The van der Waals surface area contributed by atoms with Crippen molar-refractivity contribution in [2.24, 2.45) is 0 Å². The normalized spacial score (nSPS) is 10.0. The van der Waals surface area contributed by atoms with Crippen molar-refractivity contribution in [2.45, 2.75) is 20.3 Å². The molecule has 118 valence electrons. The molecule has 0 aliphatic rings. The molecule has 0 bridgehead atoms. The second kappa shape index (κ2) is 7.35. The molecule has 2 aromatic carbocycles. The van der Waals surface area contributed by atoms with Crippen molar-refractivity contribution in [3.63, 3.8) is 0 Å². The van der Waals surface area contributed by atoms with Crippen molar-refractivity contribution in [3.05, 3.63) is 59.7 Å². The van der Waals surface area contributed by atoms with Crippen LogP contribution in [0, 0.1) is 0 Å². The number of nitrogens with one attached hydrogen (secondary N) is 2. The molecule has 0 radical (unpaired) electrons. The van der Waals surface area contributed by atoms with E-state index in [9.17, 15) is 14.4 Å². The first-order valence-electron chi connectivity index (χ1n) is 7.32. The Morgan fingerprint density at radius 1 is 0.783 bits per heavy atom. The van der Waals surface area contributed by atoms with Gasteiger partial charge in [-0.05, 0) is 55.5 Å². The van der Waals surface area contributed by atoms with Crippen LogP contribution in [0.4, 0.5) is 11.4 Å². The fraction of sp³-hybridized carbons (Fsp3) is 0.167. The van der Waals surface area contributed by atoms with Gasteiger partial charge in [-0.2, -0.15) is 0 Å². The molecule has 2 amide bonds. The monoisotopic (exact) mass is 310 g/mol. The zero-order valence-corrected chi connectivity index (χ0v) is 13.1. The molecule has 0 heterocycles. The van der Waals surface area contributed by atoms with E-state index in [4.69, 9.17) is 0 Å². The molecule has 0 atom stereocenters. The number of benzene rings is 2. The largest absolute Gasteiger partial charge is 0.326 e. The summed E-state index contributed by atoms with van der Waals surface area (Å²) in [5.41, 5.74) is 2.34. The zero-order chi connectivity index (χ0) is 16.8. The molecule has 0 aromatic heterocycles. The molecule has 0 spiro atoms. The average molecular weight is 310 g/mol. The molecule has 2 rings (SSSR count). The number of hydrogen-bond donors (Lipinski definition) is 2. The highest BCUT2D eigenvalue weighted by atomic mass is 16.2. The summed E-state index contributed by atoms with van der Waals surface area (Å²) < 4.78 is 0. The van der Waals surface area contributed by atoms with Gasteiger partial charge < -0.3 is 10.6 Å². The first kappa shape index (κ1) is 16.4. The van der Waals surface area contributed by atoms with Crippen molar-refractivity contribution in [2.75, 3.05) is 10.6 Å². The Morgan fingerprint density at radius 3 is 1.74 bits per heavy atom. The van der Waals surface area contributed by atoms with Gasteiger partial charge in [0.1, 0.15) is 0 Å². The summed E-state index contributed by atoms with van der Waals surface area (Å²) >= 11 is 0. The van der Waals surface area contributed by atoms with Gasteiger partial charge in [0, 0.05) is 28.9 Å². The Morgan fingerprint density at radius 2 is 1.26 bits per heavy atom. The van der Waals surface area contributed by atoms with E-state index in [0.29, 0.717) is 28.9 Å². The highest BCUT2D eigenvalue weighted by Crippen LogP contribution is 2.14. The van der Waals surface area contributed by atoms with Gasteiger partial charge in [-0.3, -0.25) is 14.4 Å². The number of Topliss-reactive ketones (excluding diaryl/α,β-unsaturated/α-hetero) is 1. The maximum atomic E-state index is 12.2. The number of carbonyl (C=O) groups excluding carboxylic acids is 3. The summed E-state index contributed by atoms with van der Waals surface area (Å²) in [4.78, 5) is 34.7. The topological polar surface area (TPSA) is 75.3 Å². The molecule has 0 aliphatic heterocycles. The lowest BCUT2D eigenvalue weighted by Crippen LogP contribution is -2.13. The Bertz CT molecular complexity index is 719. The molecule has 2 aromatic rings. The highest BCUT2D eigenvalue weighted by Gasteiger charge is 2.07. The molecule has 2 N–H and O–H groups in total. The number of hydrogen-bond acceptors (Lipinski definition) is 3. The van der Waals surface area contributed by atoms with Crippen LogP contribution < -0.4 is 10.6 Å². The van der Waals surface area contributed by atoms with E-state index < -0.39 is 0 Å². The summed E-state index contributed by atoms with van der Waals surface area (Å²) in [5.74, 6) is -0.353. The second-order valence-electron chi connectivity index (χ2n) is 5.07. The summed E-state index contributed by atoms with van der Waals surface area (Å²) in [6, 6.07) is 13.4. The Hall–Kier alpha value is -2.95. The summed E-state index contributed by atoms with van der Waals surface area (Å²) in [7, 11) is 0. The summed E-state index contributed by atoms with van der Waals surface area (Å²) in [5, 5.41) is 5.48. The van der Waals surface area contributed by atoms with Crippen LogP contribution in [0.15, 0.2) is 48.5 Å². The quantitative estimate of drug-likeness (QED) is 0.830. The lowest BCUT2D eigenvalue weighted by molar-refractivity contribution is -0.115. The third-order valence-corrected chi connectivity index (χ3v) is 3.30. The lowest BCUT2D eigenvalue weighted by atomic mass is 10.1. The third-order valence-electron chi connectivity index (χ3n) is 3.30. The minimum Gasteiger partial charge on any atom is -0.326 e. The number of anilines is 2. The van der Waals surface area contributed by atoms with Crippen molar-refractivity contribution in [1.82, 2.24) is 0 Å². The minimum atomic E-state index is -0.256. The van der Waals surface area contributed by atoms with E-state index in [2.05, 4.69) is 10.6 Å². The Kier molecular flexibility index (Phi) is 5.25. The molecule has 0 saturated heterocycles. The number of ketones is 1. The first-order chi connectivity index (χ1) is 11.0. The van der Waals surface area contributed by atoms with Gasteiger partial charge in [0.05, 0.1) is 0 Å². The third kappa shape index (κ3) is 4.51. The van der Waals surface area contributed by atoms with E-state index >= 15 is 0 Å². The Balaban J connectivity index is 2.02. The van der Waals surface area contributed by atoms with Crippen molar-refractivity contribution in [1.29, 1.82) is 0 Å². The number of carbonyl (C=O) groups is 3. The maximum absolute atomic E-state index is 12.2. The molecular weight excluding hydrogens is 292 g/mol. The van der Waals surface area contributed by atoms with Gasteiger partial charge in [0.2, 0.25) is 5.91 Å². The smallest absolute Gasteiger partial charge is 0.255 e. The molecule has 23 heavy (non-hydrogen) atoms. The van der Waals surface area contributed by atoms with Crippen molar-refractivity contribution < 1.29 is 14.4 Å². The zero-order valence-electron chi connectivity index (χ0n) is 13.1. The van der Waals surface area contributed by atoms with Crippen molar-refractivity contribution >= 4 is 29.0 Å². The molecule has 5 nitrogen and oxygen atoms in total. The number of rotatable bonds is 5. The van der Waals surface area contributed by atoms with E-state index in [1.54, 1.807) is 55.5 Å². The van der Waals surface area contributed by atoms with Crippen LogP contribution in [0.1, 0.15) is 41.0 Å². The number of amides is 2. The highest BCUT2D eigenvalue weighted by molar-refractivity contribution is 6.05. The molecule has 5 heteroatoms. The predicted molar refractivity (Wildman–Crippen MR) is 89.8 cm³/mol. The van der Waals surface area contributed by atoms with Gasteiger partial charge in [-0.1, -0.05) is 6.92 Å². The van der Waals surface area contributed by atoms with Gasteiger partial charge in [0.25, 0.3) is 5.91 Å². The first-order valence-corrected chi connectivity index (χ1v) is 7.32. The molecule has 0 fully saturated rings. The molecule has 0 unspecified atom stereocenters. The Labute approximate surface area is 134 Å². The van der Waals surface area contributed by atoms with E-state index in [1.165, 1.54) is 6.92 Å². The van der Waals surface area contributed by atoms with Gasteiger partial charge in [-0.25, -0.2) is 0 Å². The molecule has 0 saturated carbocycles. The van der Waals surface area contributed by atoms with Crippen LogP contribution in [-0.4, -0.2) is 17.6 Å². The summed E-state index contributed by atoms with van der Waals surface area (Å²) in [6.45, 7) is 3.26. The van der Waals surface area contributed by atoms with E-state index in [1.807, 2.05) is 0 Å². The van der Waals surface area contributed by atoms with E-state index in [0.717, 1.165) is 0 Å². The van der Waals surface area contributed by atoms with Gasteiger partial charge in [0.15, 0.2) is 5.78 Å². The molecule has 0 aliphatic carbocycles. The average Bonchev–Trinajstić information content (AvgIpc) is 2.55.